The van der Waals surface area contributed by atoms with Gasteiger partial charge in [0.25, 0.3) is 0 Å². The first-order valence-corrected chi connectivity index (χ1v) is 8.67. The molecule has 2 aromatic carbocycles. The first-order chi connectivity index (χ1) is 11.8. The predicted molar refractivity (Wildman–Crippen MR) is 97.8 cm³/mol. The molecule has 0 spiro atoms. The molecule has 4 rings (SSSR count). The fourth-order valence-corrected chi connectivity index (χ4v) is 3.68. The molecule has 2 aliphatic rings. The van der Waals surface area contributed by atoms with Gasteiger partial charge in [-0.1, -0.05) is 54.6 Å². The second-order valence-electron chi connectivity index (χ2n) is 6.45. The fraction of sp³-hybridized carbons (Fsp3) is 0.227. The van der Waals surface area contributed by atoms with E-state index in [1.54, 1.807) is 6.08 Å². The number of allylic oxidation sites excluding steroid dienone is 4. The number of fused-ring (bicyclic) bond motifs is 1. The molecule has 0 bridgehead atoms. The van der Waals surface area contributed by atoms with Crippen molar-refractivity contribution in [3.05, 3.63) is 89.1 Å². The first-order valence-electron chi connectivity index (χ1n) is 8.67. The Morgan fingerprint density at radius 3 is 2.42 bits per heavy atom. The van der Waals surface area contributed by atoms with E-state index in [4.69, 9.17) is 0 Å². The molecule has 1 fully saturated rings. The number of benzene rings is 2. The van der Waals surface area contributed by atoms with Gasteiger partial charge < -0.3 is 4.90 Å². The Hall–Kier alpha value is -2.61. The molecule has 0 radical (unpaired) electrons. The van der Waals surface area contributed by atoms with Crippen LogP contribution in [0.15, 0.2) is 72.4 Å². The maximum absolute atomic E-state index is 12.4. The Kier molecular flexibility index (Phi) is 4.04. The van der Waals surface area contributed by atoms with Gasteiger partial charge in [0, 0.05) is 36.3 Å². The fourth-order valence-electron chi connectivity index (χ4n) is 3.68. The molecule has 0 N–H and O–H groups in total. The van der Waals surface area contributed by atoms with Crippen LogP contribution in [0.4, 0.5) is 0 Å². The lowest BCUT2D eigenvalue weighted by Gasteiger charge is -2.20. The largest absolute Gasteiger partial charge is 0.374 e. The molecule has 1 aliphatic carbocycles. The van der Waals surface area contributed by atoms with Gasteiger partial charge in [-0.25, -0.2) is 0 Å². The number of carbonyl (C=O) groups is 1. The van der Waals surface area contributed by atoms with Crippen LogP contribution < -0.4 is 0 Å². The Morgan fingerprint density at radius 2 is 1.62 bits per heavy atom. The normalized spacial score (nSPS) is 16.9. The molecule has 2 heteroatoms. The summed E-state index contributed by atoms with van der Waals surface area (Å²) in [6, 6.07) is 18.0. The lowest BCUT2D eigenvalue weighted by atomic mass is 10.0. The quantitative estimate of drug-likeness (QED) is 0.612. The van der Waals surface area contributed by atoms with Crippen molar-refractivity contribution < 1.29 is 4.79 Å². The number of rotatable bonds is 4. The van der Waals surface area contributed by atoms with E-state index < -0.39 is 0 Å². The molecule has 120 valence electrons. The number of hydrogen-bond acceptors (Lipinski definition) is 2. The van der Waals surface area contributed by atoms with Crippen LogP contribution in [-0.2, 0) is 6.42 Å². The highest BCUT2D eigenvalue weighted by Crippen LogP contribution is 2.36. The predicted octanol–water partition coefficient (Wildman–Crippen LogP) is 4.49. The molecule has 0 saturated carbocycles. The van der Waals surface area contributed by atoms with Gasteiger partial charge in [0.15, 0.2) is 5.78 Å². The van der Waals surface area contributed by atoms with Gasteiger partial charge in [-0.15, -0.1) is 0 Å². The van der Waals surface area contributed by atoms with Crippen molar-refractivity contribution >= 4 is 11.4 Å². The van der Waals surface area contributed by atoms with Crippen LogP contribution in [0.3, 0.4) is 0 Å². The monoisotopic (exact) mass is 315 g/mol. The van der Waals surface area contributed by atoms with E-state index in [1.807, 2.05) is 36.4 Å². The Balaban J connectivity index is 1.67. The van der Waals surface area contributed by atoms with E-state index in [9.17, 15) is 4.79 Å². The summed E-state index contributed by atoms with van der Waals surface area (Å²) in [5.74, 6) is 0.0632. The zero-order valence-electron chi connectivity index (χ0n) is 13.7. The summed E-state index contributed by atoms with van der Waals surface area (Å²) in [5.41, 5.74) is 5.98. The molecule has 1 saturated heterocycles. The SMILES string of the molecule is O=C(/C=C/C1=C(N2CCCC2)Cc2ccccc21)c1ccccc1. The van der Waals surface area contributed by atoms with E-state index in [0.717, 1.165) is 25.1 Å². The third-order valence-electron chi connectivity index (χ3n) is 4.92. The van der Waals surface area contributed by atoms with Crippen molar-refractivity contribution in [3.63, 3.8) is 0 Å². The number of ketones is 1. The second kappa shape index (κ2) is 6.48. The summed E-state index contributed by atoms with van der Waals surface area (Å²) in [6.07, 6.45) is 7.26. The van der Waals surface area contributed by atoms with Gasteiger partial charge in [0.1, 0.15) is 0 Å². The number of likely N-dealkylation sites (tertiary alicyclic amines) is 1. The Morgan fingerprint density at radius 1 is 0.917 bits per heavy atom. The van der Waals surface area contributed by atoms with Gasteiger partial charge >= 0.3 is 0 Å². The molecule has 2 nitrogen and oxygen atoms in total. The van der Waals surface area contributed by atoms with Gasteiger partial charge in [-0.05, 0) is 36.1 Å². The molecule has 1 aliphatic heterocycles. The van der Waals surface area contributed by atoms with Crippen LogP contribution >= 0.6 is 0 Å². The number of nitrogens with zero attached hydrogens (tertiary/aromatic N) is 1. The van der Waals surface area contributed by atoms with E-state index >= 15 is 0 Å². The Labute approximate surface area is 143 Å². The van der Waals surface area contributed by atoms with Gasteiger partial charge in [0.2, 0.25) is 0 Å². The van der Waals surface area contributed by atoms with E-state index in [0.29, 0.717) is 0 Å². The van der Waals surface area contributed by atoms with Crippen LogP contribution in [0.5, 0.6) is 0 Å². The minimum atomic E-state index is 0.0632. The molecule has 1 heterocycles. The van der Waals surface area contributed by atoms with Crippen molar-refractivity contribution in [1.82, 2.24) is 4.90 Å². The first kappa shape index (κ1) is 14.9. The standard InChI is InChI=1S/C22H21NO/c24-22(17-8-2-1-3-9-17)13-12-20-19-11-5-4-10-18(19)16-21(20)23-14-6-7-15-23/h1-5,8-13H,6-7,14-16H2/b13-12+. The Bertz CT molecular complexity index is 811. The molecule has 0 amide bonds. The van der Waals surface area contributed by atoms with Crippen molar-refractivity contribution in [2.45, 2.75) is 19.3 Å². The zero-order valence-corrected chi connectivity index (χ0v) is 13.7. The van der Waals surface area contributed by atoms with Gasteiger partial charge in [-0.3, -0.25) is 4.79 Å². The van der Waals surface area contributed by atoms with Crippen LogP contribution in [-0.4, -0.2) is 23.8 Å². The molecule has 0 aromatic heterocycles. The van der Waals surface area contributed by atoms with E-state index in [-0.39, 0.29) is 5.78 Å². The third kappa shape index (κ3) is 2.80. The van der Waals surface area contributed by atoms with Crippen molar-refractivity contribution in [2.75, 3.05) is 13.1 Å². The average molecular weight is 315 g/mol. The molecular weight excluding hydrogens is 294 g/mol. The number of carbonyl (C=O) groups excluding carboxylic acids is 1. The van der Waals surface area contributed by atoms with Gasteiger partial charge in [-0.2, -0.15) is 0 Å². The van der Waals surface area contributed by atoms with E-state index in [2.05, 4.69) is 29.2 Å². The highest BCUT2D eigenvalue weighted by molar-refractivity contribution is 6.06. The summed E-state index contributed by atoms with van der Waals surface area (Å²) in [6.45, 7) is 2.26. The highest BCUT2D eigenvalue weighted by atomic mass is 16.1. The summed E-state index contributed by atoms with van der Waals surface area (Å²) >= 11 is 0. The van der Waals surface area contributed by atoms with E-state index in [1.165, 1.54) is 35.2 Å². The summed E-state index contributed by atoms with van der Waals surface area (Å²) in [4.78, 5) is 14.9. The zero-order chi connectivity index (χ0) is 16.4. The lowest BCUT2D eigenvalue weighted by molar-refractivity contribution is 0.104. The van der Waals surface area contributed by atoms with Crippen LogP contribution in [0, 0.1) is 0 Å². The smallest absolute Gasteiger partial charge is 0.185 e. The maximum atomic E-state index is 12.4. The lowest BCUT2D eigenvalue weighted by Crippen LogP contribution is -2.19. The van der Waals surface area contributed by atoms with Crippen LogP contribution in [0.1, 0.15) is 34.3 Å². The molecular formula is C22H21NO. The third-order valence-corrected chi connectivity index (χ3v) is 4.92. The van der Waals surface area contributed by atoms with Crippen LogP contribution in [0.25, 0.3) is 5.57 Å². The van der Waals surface area contributed by atoms with Crippen molar-refractivity contribution in [2.24, 2.45) is 0 Å². The number of hydrogen-bond donors (Lipinski definition) is 0. The molecule has 0 atom stereocenters. The molecule has 0 unspecified atom stereocenters. The summed E-state index contributed by atoms with van der Waals surface area (Å²) < 4.78 is 0. The van der Waals surface area contributed by atoms with Crippen molar-refractivity contribution in [3.8, 4) is 0 Å². The second-order valence-corrected chi connectivity index (χ2v) is 6.45. The molecule has 2 aromatic rings. The van der Waals surface area contributed by atoms with Crippen molar-refractivity contribution in [1.29, 1.82) is 0 Å². The summed E-state index contributed by atoms with van der Waals surface area (Å²) in [7, 11) is 0. The topological polar surface area (TPSA) is 20.3 Å². The minimum Gasteiger partial charge on any atom is -0.374 e. The summed E-state index contributed by atoms with van der Waals surface area (Å²) in [5, 5.41) is 0. The average Bonchev–Trinajstić information content (AvgIpc) is 3.28. The minimum absolute atomic E-state index is 0.0632. The maximum Gasteiger partial charge on any atom is 0.185 e. The van der Waals surface area contributed by atoms with Gasteiger partial charge in [0.05, 0.1) is 0 Å². The van der Waals surface area contributed by atoms with Crippen LogP contribution in [0.2, 0.25) is 0 Å². The highest BCUT2D eigenvalue weighted by Gasteiger charge is 2.25. The molecule has 24 heavy (non-hydrogen) atoms.